The van der Waals surface area contributed by atoms with Crippen molar-refractivity contribution in [3.05, 3.63) is 83.1 Å². The Bertz CT molecular complexity index is 1600. The Balaban J connectivity index is 1.09. The van der Waals surface area contributed by atoms with Crippen LogP contribution in [0.5, 0.6) is 0 Å². The van der Waals surface area contributed by atoms with E-state index in [0.717, 1.165) is 23.3 Å². The number of nitrogens with one attached hydrogen (secondary N) is 1. The van der Waals surface area contributed by atoms with E-state index < -0.39 is 35.5 Å². The first kappa shape index (κ1) is 26.7. The molecular weight excluding hydrogens is 546 g/mol. The monoisotopic (exact) mass is 581 g/mol. The van der Waals surface area contributed by atoms with Gasteiger partial charge in [-0.3, -0.25) is 33.9 Å². The van der Waals surface area contributed by atoms with Crippen LogP contribution in [0.3, 0.4) is 0 Å². The third-order valence-electron chi connectivity index (χ3n) is 10.3. The number of ether oxygens (including phenoxy) is 1. The van der Waals surface area contributed by atoms with Gasteiger partial charge in [-0.15, -0.1) is 0 Å². The van der Waals surface area contributed by atoms with Crippen molar-refractivity contribution >= 4 is 23.4 Å². The van der Waals surface area contributed by atoms with E-state index in [4.69, 9.17) is 4.74 Å². The minimum absolute atomic E-state index is 0.138. The number of carbonyl (C=O) groups is 3. The van der Waals surface area contributed by atoms with Crippen molar-refractivity contribution in [1.82, 2.24) is 20.0 Å². The number of nitrogens with zero attached hydrogens (tertiary/aromatic N) is 4. The summed E-state index contributed by atoms with van der Waals surface area (Å²) in [4.78, 5) is 51.5. The van der Waals surface area contributed by atoms with Gasteiger partial charge < -0.3 is 15.3 Å². The van der Waals surface area contributed by atoms with E-state index in [-0.39, 0.29) is 30.2 Å². The third kappa shape index (κ3) is 3.82. The molecule has 1 saturated carbocycles. The molecule has 7 atom stereocenters. The van der Waals surface area contributed by atoms with Crippen molar-refractivity contribution in [2.24, 2.45) is 16.8 Å². The predicted octanol–water partition coefficient (Wildman–Crippen LogP) is 1.65. The molecule has 10 heteroatoms. The summed E-state index contributed by atoms with van der Waals surface area (Å²) in [5.74, 6) is -3.62. The molecule has 222 valence electrons. The molecule has 43 heavy (non-hydrogen) atoms. The maximum absolute atomic E-state index is 14.2. The van der Waals surface area contributed by atoms with E-state index in [9.17, 15) is 19.5 Å². The Morgan fingerprint density at radius 1 is 1.21 bits per heavy atom. The number of fused-ring (bicyclic) bond motifs is 5. The molecule has 2 N–H and O–H groups in total. The van der Waals surface area contributed by atoms with Gasteiger partial charge in [0.15, 0.2) is 0 Å². The first-order valence-corrected chi connectivity index (χ1v) is 15.2. The molecule has 4 fully saturated rings. The van der Waals surface area contributed by atoms with Crippen molar-refractivity contribution in [2.45, 2.75) is 62.4 Å². The summed E-state index contributed by atoms with van der Waals surface area (Å²) in [6.07, 6.45) is 12.5. The number of carbonyl (C=O) groups excluding carboxylic acids is 3. The Morgan fingerprint density at radius 2 is 2.02 bits per heavy atom. The lowest BCUT2D eigenvalue weighted by Gasteiger charge is -2.48. The van der Waals surface area contributed by atoms with Gasteiger partial charge in [0, 0.05) is 37.7 Å². The van der Waals surface area contributed by atoms with Gasteiger partial charge in [-0.1, -0.05) is 48.6 Å². The Hall–Kier alpha value is -3.86. The molecule has 10 nitrogen and oxygen atoms in total. The van der Waals surface area contributed by atoms with Gasteiger partial charge in [-0.05, 0) is 61.6 Å². The number of benzene rings is 1. The second kappa shape index (κ2) is 9.32. The minimum atomic E-state index is -2.04. The maximum Gasteiger partial charge on any atom is 0.280 e. The van der Waals surface area contributed by atoms with Crippen LogP contribution in [0, 0.1) is 11.8 Å². The standard InChI is InChI=1S/C33H35N5O5/c1-32(35-29(39)21-15-23-22-10-6-11-24-28(22)20(17-34-24)16-25(23)36(2)18-21)31(41)38-26(14-19-8-4-3-5-9-19)30(40)37-13-7-12-27(37)33(38,42)43-32/h3-6,8-11,15,17,21,25-28,42H,7,12-14,16,18H2,1-2H3,(H,35,39)/t21-,25-,26+,27+,28?,32-,33+/m1/s1. The zero-order valence-electron chi connectivity index (χ0n) is 24.3. The highest BCUT2D eigenvalue weighted by Gasteiger charge is 2.70. The summed E-state index contributed by atoms with van der Waals surface area (Å²) in [5, 5.41) is 14.9. The predicted molar refractivity (Wildman–Crippen MR) is 157 cm³/mol. The van der Waals surface area contributed by atoms with E-state index in [1.165, 1.54) is 23.0 Å². The van der Waals surface area contributed by atoms with Crippen molar-refractivity contribution in [3.63, 3.8) is 0 Å². The first-order chi connectivity index (χ1) is 20.7. The van der Waals surface area contributed by atoms with Crippen LogP contribution in [0.2, 0.25) is 0 Å². The normalized spacial score (nSPS) is 37.6. The number of allylic oxidation sites excluding steroid dienone is 3. The molecule has 1 unspecified atom stereocenters. The van der Waals surface area contributed by atoms with Gasteiger partial charge in [0.2, 0.25) is 17.5 Å². The average molecular weight is 582 g/mol. The molecule has 5 heterocycles. The Morgan fingerprint density at radius 3 is 2.84 bits per heavy atom. The molecule has 8 rings (SSSR count). The summed E-state index contributed by atoms with van der Waals surface area (Å²) in [5.41, 5.74) is 3.64. The van der Waals surface area contributed by atoms with E-state index in [1.807, 2.05) is 61.8 Å². The van der Waals surface area contributed by atoms with E-state index in [0.29, 0.717) is 25.9 Å². The molecule has 7 aliphatic rings. The highest BCUT2D eigenvalue weighted by atomic mass is 16.7. The lowest BCUT2D eigenvalue weighted by molar-refractivity contribution is -0.315. The number of amides is 3. The van der Waals surface area contributed by atoms with Crippen molar-refractivity contribution in [2.75, 3.05) is 20.1 Å². The smallest absolute Gasteiger partial charge is 0.280 e. The third-order valence-corrected chi connectivity index (χ3v) is 10.3. The summed E-state index contributed by atoms with van der Waals surface area (Å²) in [7, 11) is 2.02. The topological polar surface area (TPSA) is 115 Å². The zero-order chi connectivity index (χ0) is 29.7. The molecule has 1 aromatic carbocycles. The highest BCUT2D eigenvalue weighted by molar-refractivity contribution is 6.05. The van der Waals surface area contributed by atoms with Gasteiger partial charge >= 0.3 is 0 Å². The number of piperazine rings is 1. The summed E-state index contributed by atoms with van der Waals surface area (Å²) >= 11 is 0. The van der Waals surface area contributed by atoms with Gasteiger partial charge in [0.25, 0.3) is 11.8 Å². The van der Waals surface area contributed by atoms with Crippen LogP contribution in [-0.2, 0) is 25.5 Å². The lowest BCUT2D eigenvalue weighted by atomic mass is 9.69. The van der Waals surface area contributed by atoms with Crippen LogP contribution in [0.4, 0.5) is 0 Å². The molecule has 3 saturated heterocycles. The molecule has 3 amide bonds. The number of aliphatic imine (C=N–C) groups is 1. The summed E-state index contributed by atoms with van der Waals surface area (Å²) < 4.78 is 6.23. The first-order valence-electron chi connectivity index (χ1n) is 15.2. The highest BCUT2D eigenvalue weighted by Crippen LogP contribution is 2.48. The zero-order valence-corrected chi connectivity index (χ0v) is 24.3. The molecule has 2 aliphatic carbocycles. The van der Waals surface area contributed by atoms with Crippen LogP contribution in [0.1, 0.15) is 31.7 Å². The molecule has 1 aromatic rings. The number of hydrogen-bond donors (Lipinski definition) is 2. The van der Waals surface area contributed by atoms with E-state index in [2.05, 4.69) is 21.3 Å². The van der Waals surface area contributed by atoms with Crippen LogP contribution in [-0.4, -0.2) is 93.1 Å². The number of hydrogen-bond acceptors (Lipinski definition) is 7. The molecule has 0 aromatic heterocycles. The maximum atomic E-state index is 14.2. The number of rotatable bonds is 4. The van der Waals surface area contributed by atoms with Crippen LogP contribution in [0.15, 0.2) is 82.5 Å². The van der Waals surface area contributed by atoms with Gasteiger partial charge in [0.05, 0.1) is 11.6 Å². The number of aliphatic hydroxyl groups is 1. The second-order valence-electron chi connectivity index (χ2n) is 12.9. The molecular formula is C33H35N5O5. The van der Waals surface area contributed by atoms with Crippen LogP contribution in [0.25, 0.3) is 0 Å². The van der Waals surface area contributed by atoms with Crippen LogP contribution < -0.4 is 5.32 Å². The van der Waals surface area contributed by atoms with Gasteiger partial charge in [-0.2, -0.15) is 0 Å². The van der Waals surface area contributed by atoms with Gasteiger partial charge in [-0.25, -0.2) is 0 Å². The van der Waals surface area contributed by atoms with Gasteiger partial charge in [0.1, 0.15) is 12.1 Å². The Kier molecular flexibility index (Phi) is 5.80. The Labute approximate surface area is 250 Å². The second-order valence-corrected chi connectivity index (χ2v) is 12.9. The lowest BCUT2D eigenvalue weighted by Crippen LogP contribution is -2.71. The van der Waals surface area contributed by atoms with Crippen molar-refractivity contribution in [1.29, 1.82) is 0 Å². The summed E-state index contributed by atoms with van der Waals surface area (Å²) in [6, 6.07) is 7.94. The molecule has 0 bridgehead atoms. The van der Waals surface area contributed by atoms with Crippen molar-refractivity contribution in [3.8, 4) is 0 Å². The average Bonchev–Trinajstić information content (AvgIpc) is 3.70. The minimum Gasteiger partial charge on any atom is -0.347 e. The van der Waals surface area contributed by atoms with E-state index in [1.54, 1.807) is 4.90 Å². The quantitative estimate of drug-likeness (QED) is 0.559. The SMILES string of the molecule is CN1C[C@H](C(=O)N[C@]2(C)O[C@@]3(O)[C@@H]4CCCN4C(=O)[C@H](Cc4ccccc4)N3C2=O)C=C2C3=CC=CC4=NC=C(C[C@H]21)C34. The molecule has 0 spiro atoms. The van der Waals surface area contributed by atoms with Crippen LogP contribution >= 0.6 is 0 Å². The fraction of sp³-hybridized carbons (Fsp3) is 0.455. The molecule has 0 radical (unpaired) electrons. The van der Waals surface area contributed by atoms with E-state index >= 15 is 0 Å². The van der Waals surface area contributed by atoms with Crippen molar-refractivity contribution < 1.29 is 24.2 Å². The fourth-order valence-corrected chi connectivity index (χ4v) is 8.27. The molecule has 5 aliphatic heterocycles. The summed E-state index contributed by atoms with van der Waals surface area (Å²) in [6.45, 7) is 2.45. The fourth-order valence-electron chi connectivity index (χ4n) is 8.27. The largest absolute Gasteiger partial charge is 0.347 e. The number of likely N-dealkylation sites (N-methyl/N-ethyl adjacent to an activating group) is 1.